The van der Waals surface area contributed by atoms with E-state index < -0.39 is 10.0 Å². The van der Waals surface area contributed by atoms with Gasteiger partial charge in [0.2, 0.25) is 0 Å². The number of hydrogen-bond acceptors (Lipinski definition) is 3. The van der Waals surface area contributed by atoms with E-state index in [-0.39, 0.29) is 10.9 Å². The quantitative estimate of drug-likeness (QED) is 0.923. The third-order valence-electron chi connectivity index (χ3n) is 3.50. The standard InChI is InChI=1S/C16H20N2O2S/c1-3-16(17)13-8-7-11-15(12-13)21(19,20)18(2)14-9-5-4-6-10-14/h4-12,16H,3,17H2,1-2H3. The van der Waals surface area contributed by atoms with E-state index in [9.17, 15) is 8.42 Å². The third kappa shape index (κ3) is 3.25. The van der Waals surface area contributed by atoms with Crippen molar-refractivity contribution >= 4 is 15.7 Å². The van der Waals surface area contributed by atoms with Crippen molar-refractivity contribution in [2.75, 3.05) is 11.4 Å². The van der Waals surface area contributed by atoms with Crippen LogP contribution in [0.3, 0.4) is 0 Å². The number of rotatable bonds is 5. The van der Waals surface area contributed by atoms with E-state index in [1.54, 1.807) is 37.4 Å². The van der Waals surface area contributed by atoms with Gasteiger partial charge >= 0.3 is 0 Å². The zero-order valence-electron chi connectivity index (χ0n) is 12.2. The Hall–Kier alpha value is -1.85. The lowest BCUT2D eigenvalue weighted by molar-refractivity contribution is 0.594. The lowest BCUT2D eigenvalue weighted by atomic mass is 10.1. The van der Waals surface area contributed by atoms with Gasteiger partial charge in [-0.2, -0.15) is 0 Å². The molecule has 0 bridgehead atoms. The molecule has 5 heteroatoms. The van der Waals surface area contributed by atoms with Crippen molar-refractivity contribution in [1.82, 2.24) is 0 Å². The van der Waals surface area contributed by atoms with Gasteiger partial charge in [0.05, 0.1) is 10.6 Å². The predicted molar refractivity (Wildman–Crippen MR) is 85.7 cm³/mol. The largest absolute Gasteiger partial charge is 0.324 e. The number of para-hydroxylation sites is 1. The maximum Gasteiger partial charge on any atom is 0.264 e. The summed E-state index contributed by atoms with van der Waals surface area (Å²) in [6.45, 7) is 1.97. The highest BCUT2D eigenvalue weighted by Crippen LogP contribution is 2.24. The highest BCUT2D eigenvalue weighted by molar-refractivity contribution is 7.92. The van der Waals surface area contributed by atoms with Gasteiger partial charge in [0, 0.05) is 13.1 Å². The van der Waals surface area contributed by atoms with Gasteiger partial charge in [-0.15, -0.1) is 0 Å². The summed E-state index contributed by atoms with van der Waals surface area (Å²) in [5, 5.41) is 0. The Morgan fingerprint density at radius 1 is 1.10 bits per heavy atom. The molecule has 0 fully saturated rings. The predicted octanol–water partition coefficient (Wildman–Crippen LogP) is 2.92. The molecule has 0 aliphatic rings. The van der Waals surface area contributed by atoms with Crippen LogP contribution in [0.2, 0.25) is 0 Å². The van der Waals surface area contributed by atoms with Crippen LogP contribution in [-0.2, 0) is 10.0 Å². The Morgan fingerprint density at radius 3 is 2.38 bits per heavy atom. The lowest BCUT2D eigenvalue weighted by Gasteiger charge is -2.20. The Bertz CT molecular complexity index is 699. The van der Waals surface area contributed by atoms with E-state index in [1.807, 2.05) is 31.2 Å². The maximum atomic E-state index is 12.7. The van der Waals surface area contributed by atoms with Gasteiger partial charge < -0.3 is 5.73 Å². The summed E-state index contributed by atoms with van der Waals surface area (Å²) in [5.74, 6) is 0. The fourth-order valence-electron chi connectivity index (χ4n) is 2.08. The molecule has 2 rings (SSSR count). The van der Waals surface area contributed by atoms with Gasteiger partial charge in [-0.05, 0) is 36.2 Å². The summed E-state index contributed by atoms with van der Waals surface area (Å²) >= 11 is 0. The van der Waals surface area contributed by atoms with Crippen molar-refractivity contribution in [2.24, 2.45) is 5.73 Å². The van der Waals surface area contributed by atoms with Crippen molar-refractivity contribution in [3.63, 3.8) is 0 Å². The highest BCUT2D eigenvalue weighted by Gasteiger charge is 2.21. The van der Waals surface area contributed by atoms with E-state index in [0.717, 1.165) is 12.0 Å². The molecule has 21 heavy (non-hydrogen) atoms. The van der Waals surface area contributed by atoms with Crippen molar-refractivity contribution < 1.29 is 8.42 Å². The fraction of sp³-hybridized carbons (Fsp3) is 0.250. The molecule has 2 aromatic rings. The summed E-state index contributed by atoms with van der Waals surface area (Å²) in [4.78, 5) is 0.259. The zero-order valence-corrected chi connectivity index (χ0v) is 13.0. The maximum absolute atomic E-state index is 12.7. The number of sulfonamides is 1. The zero-order chi connectivity index (χ0) is 15.5. The molecule has 2 N–H and O–H groups in total. The lowest BCUT2D eigenvalue weighted by Crippen LogP contribution is -2.26. The van der Waals surface area contributed by atoms with Gasteiger partial charge in [-0.1, -0.05) is 37.3 Å². The average Bonchev–Trinajstić information content (AvgIpc) is 2.54. The summed E-state index contributed by atoms with van der Waals surface area (Å²) in [7, 11) is -2.03. The van der Waals surface area contributed by atoms with E-state index in [2.05, 4.69) is 0 Å². The van der Waals surface area contributed by atoms with Gasteiger partial charge in [0.15, 0.2) is 0 Å². The van der Waals surface area contributed by atoms with E-state index in [0.29, 0.717) is 5.69 Å². The molecule has 1 unspecified atom stereocenters. The number of nitrogens with two attached hydrogens (primary N) is 1. The molecule has 1 atom stereocenters. The first-order valence-electron chi connectivity index (χ1n) is 6.86. The normalized spacial score (nSPS) is 12.9. The molecular formula is C16H20N2O2S. The van der Waals surface area contributed by atoms with E-state index in [1.165, 1.54) is 4.31 Å². The Balaban J connectivity index is 2.40. The number of hydrogen-bond donors (Lipinski definition) is 1. The average molecular weight is 304 g/mol. The molecule has 0 aliphatic heterocycles. The van der Waals surface area contributed by atoms with Gasteiger partial charge in [0.25, 0.3) is 10.0 Å². The molecule has 0 saturated heterocycles. The van der Waals surface area contributed by atoms with Gasteiger partial charge in [-0.25, -0.2) is 8.42 Å². The second kappa shape index (κ2) is 6.28. The topological polar surface area (TPSA) is 63.4 Å². The monoisotopic (exact) mass is 304 g/mol. The van der Waals surface area contributed by atoms with Crippen LogP contribution < -0.4 is 10.0 Å². The van der Waals surface area contributed by atoms with Crippen LogP contribution in [0.25, 0.3) is 0 Å². The fourth-order valence-corrected chi connectivity index (χ4v) is 3.33. The van der Waals surface area contributed by atoms with Crippen molar-refractivity contribution in [3.8, 4) is 0 Å². The van der Waals surface area contributed by atoms with Crippen LogP contribution in [0.4, 0.5) is 5.69 Å². The summed E-state index contributed by atoms with van der Waals surface area (Å²) < 4.78 is 26.6. The molecule has 0 aromatic heterocycles. The Morgan fingerprint density at radius 2 is 1.76 bits per heavy atom. The molecule has 112 valence electrons. The number of nitrogens with zero attached hydrogens (tertiary/aromatic N) is 1. The first kappa shape index (κ1) is 15.5. The van der Waals surface area contributed by atoms with Crippen molar-refractivity contribution in [1.29, 1.82) is 0 Å². The Kier molecular flexibility index (Phi) is 4.65. The second-order valence-corrected chi connectivity index (χ2v) is 6.86. The van der Waals surface area contributed by atoms with Crippen LogP contribution in [-0.4, -0.2) is 15.5 Å². The second-order valence-electron chi connectivity index (χ2n) is 4.90. The highest BCUT2D eigenvalue weighted by atomic mass is 32.2. The summed E-state index contributed by atoms with van der Waals surface area (Å²) in [6, 6.07) is 15.7. The Labute approximate surface area is 126 Å². The van der Waals surface area contributed by atoms with Crippen LogP contribution in [0.1, 0.15) is 24.9 Å². The van der Waals surface area contributed by atoms with Gasteiger partial charge in [-0.3, -0.25) is 4.31 Å². The van der Waals surface area contributed by atoms with E-state index in [4.69, 9.17) is 5.73 Å². The molecular weight excluding hydrogens is 284 g/mol. The summed E-state index contributed by atoms with van der Waals surface area (Å²) in [5.41, 5.74) is 7.45. The van der Waals surface area contributed by atoms with Crippen LogP contribution in [0.5, 0.6) is 0 Å². The van der Waals surface area contributed by atoms with Crippen molar-refractivity contribution in [3.05, 3.63) is 60.2 Å². The first-order valence-corrected chi connectivity index (χ1v) is 8.30. The van der Waals surface area contributed by atoms with Gasteiger partial charge in [0.1, 0.15) is 0 Å². The molecule has 0 spiro atoms. The number of benzene rings is 2. The minimum absolute atomic E-state index is 0.151. The molecule has 4 nitrogen and oxygen atoms in total. The first-order chi connectivity index (χ1) is 9.96. The minimum atomic E-state index is -3.58. The number of anilines is 1. The van der Waals surface area contributed by atoms with E-state index >= 15 is 0 Å². The molecule has 0 heterocycles. The molecule has 0 radical (unpaired) electrons. The van der Waals surface area contributed by atoms with Crippen molar-refractivity contribution in [2.45, 2.75) is 24.3 Å². The molecule has 0 aliphatic carbocycles. The van der Waals surface area contributed by atoms with Crippen LogP contribution in [0, 0.1) is 0 Å². The van der Waals surface area contributed by atoms with Crippen LogP contribution in [0.15, 0.2) is 59.5 Å². The molecule has 2 aromatic carbocycles. The smallest absolute Gasteiger partial charge is 0.264 e. The molecule has 0 amide bonds. The third-order valence-corrected chi connectivity index (χ3v) is 5.29. The summed E-state index contributed by atoms with van der Waals surface area (Å²) in [6.07, 6.45) is 0.762. The minimum Gasteiger partial charge on any atom is -0.324 e. The van der Waals surface area contributed by atoms with Crippen LogP contribution >= 0.6 is 0 Å². The molecule has 0 saturated carbocycles. The SMILES string of the molecule is CCC(N)c1cccc(S(=O)(=O)N(C)c2ccccc2)c1.